The fourth-order valence-corrected chi connectivity index (χ4v) is 3.72. The van der Waals surface area contributed by atoms with Crippen LogP contribution in [0.5, 0.6) is 0 Å². The lowest BCUT2D eigenvalue weighted by molar-refractivity contribution is -0.138. The maximum Gasteiger partial charge on any atom is 0.305 e. The Labute approximate surface area is 135 Å². The van der Waals surface area contributed by atoms with Crippen LogP contribution in [0.2, 0.25) is 0 Å². The quantitative estimate of drug-likeness (QED) is 0.809. The van der Waals surface area contributed by atoms with Gasteiger partial charge in [-0.25, -0.2) is 0 Å². The minimum absolute atomic E-state index is 0.0168. The second-order valence-electron chi connectivity index (χ2n) is 6.74. The molecule has 1 amide bonds. The Balaban J connectivity index is 1.88. The summed E-state index contributed by atoms with van der Waals surface area (Å²) < 4.78 is 0. The van der Waals surface area contributed by atoms with Crippen LogP contribution in [-0.2, 0) is 4.79 Å². The number of aromatic nitrogens is 1. The predicted molar refractivity (Wildman–Crippen MR) is 88.7 cm³/mol. The lowest BCUT2D eigenvalue weighted by Crippen LogP contribution is -2.47. The number of aryl methyl sites for hydroxylation is 2. The topological polar surface area (TPSA) is 82.2 Å². The number of carboxylic acids is 1. The van der Waals surface area contributed by atoms with Crippen molar-refractivity contribution in [1.82, 2.24) is 10.3 Å². The summed E-state index contributed by atoms with van der Waals surface area (Å²) in [6, 6.07) is 5.95. The molecule has 1 fully saturated rings. The molecule has 0 aliphatic heterocycles. The van der Waals surface area contributed by atoms with E-state index in [4.69, 9.17) is 5.11 Å². The maximum atomic E-state index is 12.6. The number of H-pyrrole nitrogens is 1. The van der Waals surface area contributed by atoms with E-state index in [1.807, 2.05) is 26.0 Å². The zero-order valence-electron chi connectivity index (χ0n) is 13.5. The summed E-state index contributed by atoms with van der Waals surface area (Å²) in [6.07, 6.45) is 3.35. The molecule has 2 aromatic rings. The molecule has 1 saturated carbocycles. The van der Waals surface area contributed by atoms with E-state index >= 15 is 0 Å². The number of nitrogens with one attached hydrogen (secondary N) is 2. The van der Waals surface area contributed by atoms with Gasteiger partial charge in [0, 0.05) is 10.9 Å². The van der Waals surface area contributed by atoms with Gasteiger partial charge in [0.25, 0.3) is 5.91 Å². The van der Waals surface area contributed by atoms with Crippen molar-refractivity contribution >= 4 is 22.8 Å². The van der Waals surface area contributed by atoms with E-state index in [1.54, 1.807) is 0 Å². The molecule has 3 rings (SSSR count). The minimum atomic E-state index is -0.865. The molecule has 23 heavy (non-hydrogen) atoms. The number of aromatic amines is 1. The molecule has 3 N–H and O–H groups in total. The Hall–Kier alpha value is -2.30. The molecule has 0 spiro atoms. The van der Waals surface area contributed by atoms with Crippen molar-refractivity contribution in [2.24, 2.45) is 0 Å². The highest BCUT2D eigenvalue weighted by atomic mass is 16.4. The number of hydrogen-bond donors (Lipinski definition) is 3. The SMILES string of the molecule is Cc1cc(C)c2cc(C(=O)NC3(CC(=O)O)CCCC3)[nH]c2c1. The summed E-state index contributed by atoms with van der Waals surface area (Å²) in [6.45, 7) is 4.04. The Kier molecular flexibility index (Phi) is 3.88. The van der Waals surface area contributed by atoms with Gasteiger partial charge in [-0.3, -0.25) is 9.59 Å². The zero-order chi connectivity index (χ0) is 16.6. The first-order chi connectivity index (χ1) is 10.9. The molecule has 5 heteroatoms. The number of amides is 1. The van der Waals surface area contributed by atoms with Gasteiger partial charge >= 0.3 is 5.97 Å². The van der Waals surface area contributed by atoms with Crippen LogP contribution in [0.3, 0.4) is 0 Å². The third-order valence-corrected chi connectivity index (χ3v) is 4.76. The van der Waals surface area contributed by atoms with E-state index < -0.39 is 11.5 Å². The Morgan fingerprint density at radius 3 is 2.57 bits per heavy atom. The first kappa shape index (κ1) is 15.6. The van der Waals surface area contributed by atoms with Gasteiger partial charge in [0.2, 0.25) is 0 Å². The number of carbonyl (C=O) groups excluding carboxylic acids is 1. The van der Waals surface area contributed by atoms with Crippen LogP contribution in [0.25, 0.3) is 10.9 Å². The molecule has 1 heterocycles. The van der Waals surface area contributed by atoms with Crippen LogP contribution in [-0.4, -0.2) is 27.5 Å². The molecule has 1 aliphatic rings. The van der Waals surface area contributed by atoms with Gasteiger partial charge in [0.15, 0.2) is 0 Å². The Morgan fingerprint density at radius 1 is 1.22 bits per heavy atom. The molecule has 1 aromatic carbocycles. The largest absolute Gasteiger partial charge is 0.481 e. The van der Waals surface area contributed by atoms with Crippen LogP contribution in [0, 0.1) is 13.8 Å². The molecule has 1 aliphatic carbocycles. The predicted octanol–water partition coefficient (Wildman–Crippen LogP) is 3.30. The lowest BCUT2D eigenvalue weighted by Gasteiger charge is -2.28. The van der Waals surface area contributed by atoms with Crippen LogP contribution in [0.4, 0.5) is 0 Å². The van der Waals surface area contributed by atoms with E-state index in [9.17, 15) is 9.59 Å². The number of rotatable bonds is 4. The summed E-state index contributed by atoms with van der Waals surface area (Å²) in [4.78, 5) is 26.9. The van der Waals surface area contributed by atoms with Gasteiger partial charge in [0.1, 0.15) is 5.69 Å². The Bertz CT molecular complexity index is 770. The molecule has 122 valence electrons. The van der Waals surface area contributed by atoms with Gasteiger partial charge in [-0.2, -0.15) is 0 Å². The molecule has 0 saturated heterocycles. The monoisotopic (exact) mass is 314 g/mol. The van der Waals surface area contributed by atoms with E-state index in [1.165, 1.54) is 0 Å². The fraction of sp³-hybridized carbons (Fsp3) is 0.444. The number of fused-ring (bicyclic) bond motifs is 1. The van der Waals surface area contributed by atoms with E-state index in [-0.39, 0.29) is 12.3 Å². The van der Waals surface area contributed by atoms with Crippen LogP contribution < -0.4 is 5.32 Å². The number of carboxylic acid groups (broad SMARTS) is 1. The third kappa shape index (κ3) is 3.09. The third-order valence-electron chi connectivity index (χ3n) is 4.76. The second-order valence-corrected chi connectivity index (χ2v) is 6.74. The van der Waals surface area contributed by atoms with Gasteiger partial charge in [-0.15, -0.1) is 0 Å². The Morgan fingerprint density at radius 2 is 1.91 bits per heavy atom. The number of hydrogen-bond acceptors (Lipinski definition) is 2. The number of aliphatic carboxylic acids is 1. The standard InChI is InChI=1S/C18H22N2O3/c1-11-7-12(2)13-9-15(19-14(13)8-11)17(23)20-18(10-16(21)22)5-3-4-6-18/h7-9,19H,3-6,10H2,1-2H3,(H,20,23)(H,21,22). The summed E-state index contributed by atoms with van der Waals surface area (Å²) in [5.41, 5.74) is 3.08. The maximum absolute atomic E-state index is 12.6. The van der Waals surface area contributed by atoms with Crippen LogP contribution in [0.1, 0.15) is 53.7 Å². The molecule has 0 atom stereocenters. The highest BCUT2D eigenvalue weighted by Crippen LogP contribution is 2.33. The van der Waals surface area contributed by atoms with Crippen molar-refractivity contribution in [3.63, 3.8) is 0 Å². The molecule has 5 nitrogen and oxygen atoms in total. The van der Waals surface area contributed by atoms with Crippen molar-refractivity contribution in [3.8, 4) is 0 Å². The summed E-state index contributed by atoms with van der Waals surface area (Å²) in [5.74, 6) is -1.09. The van der Waals surface area contributed by atoms with Crippen LogP contribution >= 0.6 is 0 Å². The zero-order valence-corrected chi connectivity index (χ0v) is 13.5. The van der Waals surface area contributed by atoms with E-state index in [2.05, 4.69) is 16.4 Å². The highest BCUT2D eigenvalue weighted by molar-refractivity contribution is 5.99. The first-order valence-corrected chi connectivity index (χ1v) is 8.03. The van der Waals surface area contributed by atoms with Gasteiger partial charge in [-0.1, -0.05) is 18.9 Å². The average molecular weight is 314 g/mol. The van der Waals surface area contributed by atoms with Crippen molar-refractivity contribution in [2.45, 2.75) is 51.5 Å². The van der Waals surface area contributed by atoms with Crippen molar-refractivity contribution in [3.05, 3.63) is 35.0 Å². The molecule has 1 aromatic heterocycles. The first-order valence-electron chi connectivity index (χ1n) is 8.03. The number of carbonyl (C=O) groups is 2. The molecule has 0 unspecified atom stereocenters. The fourth-order valence-electron chi connectivity index (χ4n) is 3.72. The summed E-state index contributed by atoms with van der Waals surface area (Å²) in [5, 5.41) is 13.2. The normalized spacial score (nSPS) is 16.6. The van der Waals surface area contributed by atoms with E-state index in [0.717, 1.165) is 47.7 Å². The highest BCUT2D eigenvalue weighted by Gasteiger charge is 2.37. The van der Waals surface area contributed by atoms with Gasteiger partial charge in [0.05, 0.1) is 12.0 Å². The minimum Gasteiger partial charge on any atom is -0.481 e. The van der Waals surface area contributed by atoms with Gasteiger partial charge < -0.3 is 15.4 Å². The summed E-state index contributed by atoms with van der Waals surface area (Å²) >= 11 is 0. The smallest absolute Gasteiger partial charge is 0.305 e. The molecule has 0 radical (unpaired) electrons. The molecular formula is C18H22N2O3. The van der Waals surface area contributed by atoms with Crippen LogP contribution in [0.15, 0.2) is 18.2 Å². The van der Waals surface area contributed by atoms with Crippen molar-refractivity contribution < 1.29 is 14.7 Å². The van der Waals surface area contributed by atoms with Gasteiger partial charge in [-0.05, 0) is 49.9 Å². The number of benzene rings is 1. The summed E-state index contributed by atoms with van der Waals surface area (Å²) in [7, 11) is 0. The molecular weight excluding hydrogens is 292 g/mol. The average Bonchev–Trinajstić information content (AvgIpc) is 3.05. The van der Waals surface area contributed by atoms with Crippen molar-refractivity contribution in [1.29, 1.82) is 0 Å². The lowest BCUT2D eigenvalue weighted by atomic mass is 9.93. The van der Waals surface area contributed by atoms with Crippen molar-refractivity contribution in [2.75, 3.05) is 0 Å². The molecule has 0 bridgehead atoms. The van der Waals surface area contributed by atoms with E-state index in [0.29, 0.717) is 5.69 Å². The second kappa shape index (κ2) is 5.72.